The quantitative estimate of drug-likeness (QED) is 0.841. The number of rotatable bonds is 2. The van der Waals surface area contributed by atoms with Crippen LogP contribution in [0.25, 0.3) is 0 Å². The van der Waals surface area contributed by atoms with Crippen molar-refractivity contribution in [3.8, 4) is 0 Å². The molecule has 2 aromatic heterocycles. The molecule has 0 aromatic carbocycles. The van der Waals surface area contributed by atoms with Crippen LogP contribution in [0.15, 0.2) is 12.4 Å². The van der Waals surface area contributed by atoms with E-state index < -0.39 is 17.2 Å². The molecule has 3 N–H and O–H groups in total. The predicted molar refractivity (Wildman–Crippen MR) is 49.5 cm³/mol. The summed E-state index contributed by atoms with van der Waals surface area (Å²) in [6.07, 6.45) is -1.98. The maximum absolute atomic E-state index is 12.3. The highest BCUT2D eigenvalue weighted by atomic mass is 32.1. The standard InChI is InChI=1S/C7H6F3N5S/c8-7(9,10)6-12-2-4(16-6)5(11)3-1-13-15-14-3/h1-2,5H,11H2,(H,13,14,15). The van der Waals surface area contributed by atoms with Crippen LogP contribution < -0.4 is 5.73 Å². The van der Waals surface area contributed by atoms with E-state index in [2.05, 4.69) is 20.4 Å². The summed E-state index contributed by atoms with van der Waals surface area (Å²) in [6.45, 7) is 0. The Morgan fingerprint density at radius 3 is 2.62 bits per heavy atom. The molecule has 0 spiro atoms. The first-order valence-electron chi connectivity index (χ1n) is 4.12. The van der Waals surface area contributed by atoms with Crippen LogP contribution in [-0.4, -0.2) is 20.4 Å². The first kappa shape index (κ1) is 11.0. The van der Waals surface area contributed by atoms with Gasteiger partial charge in [-0.1, -0.05) is 0 Å². The second-order valence-electron chi connectivity index (χ2n) is 2.94. The van der Waals surface area contributed by atoms with Gasteiger partial charge in [-0.15, -0.1) is 11.3 Å². The summed E-state index contributed by atoms with van der Waals surface area (Å²) in [7, 11) is 0. The highest BCUT2D eigenvalue weighted by Gasteiger charge is 2.35. The summed E-state index contributed by atoms with van der Waals surface area (Å²) in [5.41, 5.74) is 6.07. The number of nitrogens with zero attached hydrogens (tertiary/aromatic N) is 3. The van der Waals surface area contributed by atoms with E-state index in [0.29, 0.717) is 21.9 Å². The van der Waals surface area contributed by atoms with Crippen LogP contribution in [0.3, 0.4) is 0 Å². The van der Waals surface area contributed by atoms with Gasteiger partial charge in [0.15, 0.2) is 5.01 Å². The van der Waals surface area contributed by atoms with Crippen LogP contribution in [0.2, 0.25) is 0 Å². The molecule has 86 valence electrons. The van der Waals surface area contributed by atoms with Gasteiger partial charge in [-0.3, -0.25) is 0 Å². The first-order chi connectivity index (χ1) is 7.48. The lowest BCUT2D eigenvalue weighted by Crippen LogP contribution is -2.10. The maximum atomic E-state index is 12.3. The topological polar surface area (TPSA) is 80.5 Å². The van der Waals surface area contributed by atoms with Gasteiger partial charge < -0.3 is 5.73 Å². The van der Waals surface area contributed by atoms with E-state index in [1.54, 1.807) is 0 Å². The van der Waals surface area contributed by atoms with Gasteiger partial charge in [-0.2, -0.15) is 28.6 Å². The molecular weight excluding hydrogens is 243 g/mol. The lowest BCUT2D eigenvalue weighted by Gasteiger charge is -2.03. The molecule has 0 bridgehead atoms. The number of nitrogens with two attached hydrogens (primary N) is 1. The van der Waals surface area contributed by atoms with E-state index >= 15 is 0 Å². The number of thiazole rings is 1. The Balaban J connectivity index is 2.26. The number of H-pyrrole nitrogens is 1. The molecule has 0 radical (unpaired) electrons. The van der Waals surface area contributed by atoms with Gasteiger partial charge in [-0.05, 0) is 0 Å². The lowest BCUT2D eigenvalue weighted by atomic mass is 10.2. The number of hydrogen-bond donors (Lipinski definition) is 2. The Kier molecular flexibility index (Phi) is 2.64. The summed E-state index contributed by atoms with van der Waals surface area (Å²) in [5, 5.41) is 8.65. The molecule has 16 heavy (non-hydrogen) atoms. The van der Waals surface area contributed by atoms with Crippen molar-refractivity contribution in [3.05, 3.63) is 28.0 Å². The zero-order chi connectivity index (χ0) is 11.8. The first-order valence-corrected chi connectivity index (χ1v) is 4.94. The molecule has 0 saturated carbocycles. The van der Waals surface area contributed by atoms with Crippen molar-refractivity contribution in [2.45, 2.75) is 12.2 Å². The van der Waals surface area contributed by atoms with Gasteiger partial charge in [0.25, 0.3) is 0 Å². The normalized spacial score (nSPS) is 14.0. The Labute approximate surface area is 91.5 Å². The number of aromatic amines is 1. The summed E-state index contributed by atoms with van der Waals surface area (Å²) in [5.74, 6) is 0. The third-order valence-electron chi connectivity index (χ3n) is 1.82. The van der Waals surface area contributed by atoms with Crippen molar-refractivity contribution >= 4 is 11.3 Å². The largest absolute Gasteiger partial charge is 0.443 e. The maximum Gasteiger partial charge on any atom is 0.443 e. The SMILES string of the molecule is NC(c1cn[nH]n1)c1cnc(C(F)(F)F)s1. The van der Waals surface area contributed by atoms with E-state index in [4.69, 9.17) is 5.73 Å². The van der Waals surface area contributed by atoms with Crippen LogP contribution in [0, 0.1) is 0 Å². The van der Waals surface area contributed by atoms with E-state index in [0.717, 1.165) is 6.20 Å². The van der Waals surface area contributed by atoms with Crippen molar-refractivity contribution < 1.29 is 13.2 Å². The molecule has 2 aromatic rings. The van der Waals surface area contributed by atoms with E-state index in [-0.39, 0.29) is 0 Å². The molecule has 0 aliphatic carbocycles. The minimum atomic E-state index is -4.44. The number of alkyl halides is 3. The van der Waals surface area contributed by atoms with Crippen molar-refractivity contribution in [1.82, 2.24) is 20.4 Å². The fraction of sp³-hybridized carbons (Fsp3) is 0.286. The highest BCUT2D eigenvalue weighted by molar-refractivity contribution is 7.11. The molecule has 0 aliphatic rings. The lowest BCUT2D eigenvalue weighted by molar-refractivity contribution is -0.137. The predicted octanol–water partition coefficient (Wildman–Crippen LogP) is 1.33. The van der Waals surface area contributed by atoms with Crippen LogP contribution in [0.5, 0.6) is 0 Å². The van der Waals surface area contributed by atoms with Crippen LogP contribution in [-0.2, 0) is 6.18 Å². The van der Waals surface area contributed by atoms with Gasteiger partial charge in [0.1, 0.15) is 5.69 Å². The van der Waals surface area contributed by atoms with Gasteiger partial charge >= 0.3 is 6.18 Å². The smallest absolute Gasteiger partial charge is 0.318 e. The molecule has 0 aliphatic heterocycles. The molecule has 0 saturated heterocycles. The zero-order valence-corrected chi connectivity index (χ0v) is 8.51. The molecule has 2 heterocycles. The number of halogens is 3. The fourth-order valence-corrected chi connectivity index (χ4v) is 1.87. The highest BCUT2D eigenvalue weighted by Crippen LogP contribution is 2.34. The zero-order valence-electron chi connectivity index (χ0n) is 7.69. The second kappa shape index (κ2) is 3.83. The Hall–Kier alpha value is -1.48. The molecule has 5 nitrogen and oxygen atoms in total. The molecule has 9 heteroatoms. The third kappa shape index (κ3) is 2.04. The van der Waals surface area contributed by atoms with Gasteiger partial charge in [-0.25, -0.2) is 4.98 Å². The van der Waals surface area contributed by atoms with E-state index in [1.807, 2.05) is 0 Å². The average molecular weight is 249 g/mol. The number of aromatic nitrogens is 4. The Bertz CT molecular complexity index is 463. The van der Waals surface area contributed by atoms with E-state index in [1.165, 1.54) is 6.20 Å². The van der Waals surface area contributed by atoms with E-state index in [9.17, 15) is 13.2 Å². The van der Waals surface area contributed by atoms with Gasteiger partial charge in [0, 0.05) is 11.1 Å². The van der Waals surface area contributed by atoms with Crippen LogP contribution in [0.4, 0.5) is 13.2 Å². The molecule has 0 fully saturated rings. The molecule has 1 atom stereocenters. The Morgan fingerprint density at radius 1 is 1.38 bits per heavy atom. The third-order valence-corrected chi connectivity index (χ3v) is 2.95. The summed E-state index contributed by atoms with van der Waals surface area (Å²) < 4.78 is 36.8. The van der Waals surface area contributed by atoms with Crippen LogP contribution >= 0.6 is 11.3 Å². The van der Waals surface area contributed by atoms with Crippen molar-refractivity contribution in [3.63, 3.8) is 0 Å². The average Bonchev–Trinajstić information content (AvgIpc) is 2.87. The number of hydrogen-bond acceptors (Lipinski definition) is 5. The van der Waals surface area contributed by atoms with Crippen molar-refractivity contribution in [2.24, 2.45) is 5.73 Å². The number of nitrogens with one attached hydrogen (secondary N) is 1. The van der Waals surface area contributed by atoms with Crippen molar-refractivity contribution in [1.29, 1.82) is 0 Å². The molecule has 2 rings (SSSR count). The molecular formula is C7H6F3N5S. The summed E-state index contributed by atoms with van der Waals surface area (Å²) in [4.78, 5) is 3.57. The molecule has 1 unspecified atom stereocenters. The fourth-order valence-electron chi connectivity index (χ4n) is 1.07. The monoisotopic (exact) mass is 249 g/mol. The summed E-state index contributed by atoms with van der Waals surface area (Å²) >= 11 is 0.503. The Morgan fingerprint density at radius 2 is 2.12 bits per heavy atom. The van der Waals surface area contributed by atoms with Crippen LogP contribution in [0.1, 0.15) is 21.6 Å². The van der Waals surface area contributed by atoms with Gasteiger partial charge in [0.05, 0.1) is 12.2 Å². The van der Waals surface area contributed by atoms with Crippen molar-refractivity contribution in [2.75, 3.05) is 0 Å². The second-order valence-corrected chi connectivity index (χ2v) is 4.00. The van der Waals surface area contributed by atoms with Gasteiger partial charge in [0.2, 0.25) is 0 Å². The molecule has 0 amide bonds. The minimum absolute atomic E-state index is 0.293. The summed E-state index contributed by atoms with van der Waals surface area (Å²) in [6, 6.07) is -0.743. The minimum Gasteiger partial charge on any atom is -0.318 e.